The third-order valence-electron chi connectivity index (χ3n) is 3.30. The van der Waals surface area contributed by atoms with Gasteiger partial charge in [0.1, 0.15) is 5.75 Å². The number of nitro benzene ring substituents is 1. The van der Waals surface area contributed by atoms with Crippen molar-refractivity contribution in [1.82, 2.24) is 10.1 Å². The molecule has 2 aromatic carbocycles. The highest BCUT2D eigenvalue weighted by Gasteiger charge is 2.13. The fourth-order valence-corrected chi connectivity index (χ4v) is 2.12. The second kappa shape index (κ2) is 6.27. The van der Waals surface area contributed by atoms with Crippen LogP contribution in [0, 0.1) is 10.1 Å². The molecule has 0 N–H and O–H groups in total. The molecule has 0 atom stereocenters. The van der Waals surface area contributed by atoms with Gasteiger partial charge in [0.05, 0.1) is 18.5 Å². The smallest absolute Gasteiger partial charge is 0.270 e. The minimum absolute atomic E-state index is 0.0102. The van der Waals surface area contributed by atoms with Gasteiger partial charge in [0, 0.05) is 17.7 Å². The summed E-state index contributed by atoms with van der Waals surface area (Å²) in [5.41, 5.74) is 1.54. The summed E-state index contributed by atoms with van der Waals surface area (Å²) < 4.78 is 10.3. The first kappa shape index (κ1) is 14.7. The number of ether oxygens (including phenoxy) is 1. The fourth-order valence-electron chi connectivity index (χ4n) is 2.12. The molecule has 0 unspecified atom stereocenters. The molecule has 0 amide bonds. The second-order valence-corrected chi connectivity index (χ2v) is 4.84. The lowest BCUT2D eigenvalue weighted by Gasteiger charge is -2.00. The van der Waals surface area contributed by atoms with Gasteiger partial charge < -0.3 is 9.26 Å². The number of nitro groups is 1. The van der Waals surface area contributed by atoms with E-state index in [1.54, 1.807) is 19.2 Å². The molecule has 0 bridgehead atoms. The second-order valence-electron chi connectivity index (χ2n) is 4.84. The average Bonchev–Trinajstić information content (AvgIpc) is 3.04. The number of aromatic nitrogens is 2. The zero-order valence-corrected chi connectivity index (χ0v) is 12.3. The first-order valence-corrected chi connectivity index (χ1v) is 6.86. The van der Waals surface area contributed by atoms with Gasteiger partial charge in [-0.2, -0.15) is 4.98 Å². The molecular formula is C16H13N3O4. The lowest BCUT2D eigenvalue weighted by molar-refractivity contribution is -0.384. The van der Waals surface area contributed by atoms with E-state index in [1.165, 1.54) is 12.1 Å². The summed E-state index contributed by atoms with van der Waals surface area (Å²) in [7, 11) is 1.61. The zero-order valence-electron chi connectivity index (χ0n) is 12.3. The van der Waals surface area contributed by atoms with Crippen molar-refractivity contribution in [1.29, 1.82) is 0 Å². The summed E-state index contributed by atoms with van der Waals surface area (Å²) in [4.78, 5) is 14.6. The van der Waals surface area contributed by atoms with E-state index in [2.05, 4.69) is 10.1 Å². The Bertz CT molecular complexity index is 827. The number of hydrogen-bond donors (Lipinski definition) is 0. The van der Waals surface area contributed by atoms with Gasteiger partial charge in [-0.1, -0.05) is 29.4 Å². The van der Waals surface area contributed by atoms with Crippen LogP contribution in [0.2, 0.25) is 0 Å². The summed E-state index contributed by atoms with van der Waals surface area (Å²) in [6, 6.07) is 13.7. The van der Waals surface area contributed by atoms with Gasteiger partial charge in [-0.05, 0) is 17.7 Å². The summed E-state index contributed by atoms with van der Waals surface area (Å²) in [5.74, 6) is 1.55. The Morgan fingerprint density at radius 1 is 1.22 bits per heavy atom. The Hall–Kier alpha value is -3.22. The van der Waals surface area contributed by atoms with Crippen LogP contribution in [0.4, 0.5) is 5.69 Å². The molecule has 0 aliphatic carbocycles. The normalized spacial score (nSPS) is 10.5. The lowest BCUT2D eigenvalue weighted by Crippen LogP contribution is -1.90. The van der Waals surface area contributed by atoms with E-state index in [1.807, 2.05) is 24.3 Å². The van der Waals surface area contributed by atoms with Gasteiger partial charge in [0.25, 0.3) is 5.69 Å². The van der Waals surface area contributed by atoms with Crippen LogP contribution in [0.15, 0.2) is 53.1 Å². The molecule has 0 radical (unpaired) electrons. The van der Waals surface area contributed by atoms with E-state index >= 15 is 0 Å². The third kappa shape index (κ3) is 3.34. The van der Waals surface area contributed by atoms with Crippen molar-refractivity contribution in [3.8, 4) is 17.1 Å². The van der Waals surface area contributed by atoms with E-state index in [0.717, 1.165) is 11.3 Å². The van der Waals surface area contributed by atoms with E-state index in [9.17, 15) is 10.1 Å². The van der Waals surface area contributed by atoms with Crippen molar-refractivity contribution in [2.75, 3.05) is 7.11 Å². The number of methoxy groups -OCH3 is 1. The highest BCUT2D eigenvalue weighted by molar-refractivity contribution is 5.58. The van der Waals surface area contributed by atoms with Crippen molar-refractivity contribution in [2.24, 2.45) is 0 Å². The number of nitrogens with zero attached hydrogens (tertiary/aromatic N) is 3. The van der Waals surface area contributed by atoms with Crippen LogP contribution < -0.4 is 4.74 Å². The number of non-ortho nitro benzene ring substituents is 1. The highest BCUT2D eigenvalue weighted by atomic mass is 16.6. The van der Waals surface area contributed by atoms with Crippen LogP contribution in [-0.2, 0) is 6.42 Å². The van der Waals surface area contributed by atoms with Gasteiger partial charge in [-0.25, -0.2) is 0 Å². The molecule has 0 saturated heterocycles. The number of benzene rings is 2. The minimum atomic E-state index is -0.456. The monoisotopic (exact) mass is 311 g/mol. The first-order valence-electron chi connectivity index (χ1n) is 6.86. The zero-order chi connectivity index (χ0) is 16.2. The molecule has 0 aliphatic rings. The number of hydrogen-bond acceptors (Lipinski definition) is 6. The van der Waals surface area contributed by atoms with E-state index < -0.39 is 4.92 Å². The van der Waals surface area contributed by atoms with Crippen molar-refractivity contribution in [2.45, 2.75) is 6.42 Å². The summed E-state index contributed by atoms with van der Waals surface area (Å²) in [5, 5.41) is 14.7. The standard InChI is InChI=1S/C16H13N3O4/c1-22-14-7-5-11(6-8-14)9-15-17-16(18-23-15)12-3-2-4-13(10-12)19(20)21/h2-8,10H,9H2,1H3. The molecule has 7 nitrogen and oxygen atoms in total. The number of rotatable bonds is 5. The van der Waals surface area contributed by atoms with Gasteiger partial charge in [-0.15, -0.1) is 0 Å². The Labute approximate surface area is 131 Å². The maximum Gasteiger partial charge on any atom is 0.270 e. The van der Waals surface area contributed by atoms with Crippen molar-refractivity contribution in [3.63, 3.8) is 0 Å². The molecule has 23 heavy (non-hydrogen) atoms. The molecule has 0 fully saturated rings. The van der Waals surface area contributed by atoms with Gasteiger partial charge in [0.2, 0.25) is 11.7 Å². The predicted octanol–water partition coefficient (Wildman–Crippen LogP) is 3.24. The predicted molar refractivity (Wildman–Crippen MR) is 82.2 cm³/mol. The van der Waals surface area contributed by atoms with E-state index in [-0.39, 0.29) is 5.69 Å². The SMILES string of the molecule is COc1ccc(Cc2nc(-c3cccc([N+](=O)[O-])c3)no2)cc1. The van der Waals surface area contributed by atoms with Gasteiger partial charge in [0.15, 0.2) is 0 Å². The quantitative estimate of drug-likeness (QED) is 0.530. The molecular weight excluding hydrogens is 298 g/mol. The van der Waals surface area contributed by atoms with E-state index in [0.29, 0.717) is 23.7 Å². The molecule has 0 saturated carbocycles. The minimum Gasteiger partial charge on any atom is -0.497 e. The maximum atomic E-state index is 10.8. The van der Waals surface area contributed by atoms with Crippen LogP contribution in [0.3, 0.4) is 0 Å². The van der Waals surface area contributed by atoms with Crippen LogP contribution in [0.25, 0.3) is 11.4 Å². The van der Waals surface area contributed by atoms with Crippen molar-refractivity contribution >= 4 is 5.69 Å². The molecule has 0 spiro atoms. The Morgan fingerprint density at radius 2 is 2.00 bits per heavy atom. The van der Waals surface area contributed by atoms with Crippen LogP contribution >= 0.6 is 0 Å². The molecule has 0 aliphatic heterocycles. The maximum absolute atomic E-state index is 10.8. The molecule has 1 heterocycles. The Kier molecular flexibility index (Phi) is 4.01. The topological polar surface area (TPSA) is 91.3 Å². The van der Waals surface area contributed by atoms with Gasteiger partial charge >= 0.3 is 0 Å². The van der Waals surface area contributed by atoms with Crippen molar-refractivity contribution < 1.29 is 14.2 Å². The Balaban J connectivity index is 1.79. The summed E-state index contributed by atoms with van der Waals surface area (Å²) in [6.07, 6.45) is 0.478. The van der Waals surface area contributed by atoms with E-state index in [4.69, 9.17) is 9.26 Å². The fraction of sp³-hybridized carbons (Fsp3) is 0.125. The summed E-state index contributed by atoms with van der Waals surface area (Å²) in [6.45, 7) is 0. The Morgan fingerprint density at radius 3 is 2.70 bits per heavy atom. The van der Waals surface area contributed by atoms with Crippen molar-refractivity contribution in [3.05, 3.63) is 70.1 Å². The van der Waals surface area contributed by atoms with Gasteiger partial charge in [-0.3, -0.25) is 10.1 Å². The van der Waals surface area contributed by atoms with Crippen LogP contribution in [-0.4, -0.2) is 22.2 Å². The molecule has 7 heteroatoms. The molecule has 3 rings (SSSR count). The van der Waals surface area contributed by atoms with Crippen LogP contribution in [0.5, 0.6) is 5.75 Å². The first-order chi connectivity index (χ1) is 11.2. The lowest BCUT2D eigenvalue weighted by atomic mass is 10.1. The largest absolute Gasteiger partial charge is 0.497 e. The summed E-state index contributed by atoms with van der Waals surface area (Å²) >= 11 is 0. The van der Waals surface area contributed by atoms with Crippen LogP contribution in [0.1, 0.15) is 11.5 Å². The molecule has 116 valence electrons. The highest BCUT2D eigenvalue weighted by Crippen LogP contribution is 2.22. The third-order valence-corrected chi connectivity index (χ3v) is 3.30. The average molecular weight is 311 g/mol. The molecule has 1 aromatic heterocycles. The molecule has 3 aromatic rings.